The molecule has 0 bridgehead atoms. The minimum atomic E-state index is -0.263. The van der Waals surface area contributed by atoms with Gasteiger partial charge in [-0.1, -0.05) is 68.3 Å². The summed E-state index contributed by atoms with van der Waals surface area (Å²) in [5.74, 6) is -0.263. The zero-order valence-corrected chi connectivity index (χ0v) is 18.1. The van der Waals surface area contributed by atoms with Crippen molar-refractivity contribution in [1.82, 2.24) is 0 Å². The van der Waals surface area contributed by atoms with Crippen molar-refractivity contribution < 1.29 is 4.39 Å². The molecule has 2 nitrogen and oxygen atoms in total. The van der Waals surface area contributed by atoms with E-state index < -0.39 is 0 Å². The Labute approximate surface area is 180 Å². The van der Waals surface area contributed by atoms with E-state index in [2.05, 4.69) is 50.1 Å². The highest BCUT2D eigenvalue weighted by molar-refractivity contribution is 9.10. The maximum atomic E-state index is 13.8. The molecule has 1 atom stereocenters. The molecule has 0 fully saturated rings. The lowest BCUT2D eigenvalue weighted by Crippen LogP contribution is -2.18. The van der Waals surface area contributed by atoms with Gasteiger partial charge in [0.05, 0.1) is 17.4 Å². The van der Waals surface area contributed by atoms with Crippen LogP contribution in [0, 0.1) is 5.82 Å². The van der Waals surface area contributed by atoms with Gasteiger partial charge in [-0.05, 0) is 59.7 Å². The van der Waals surface area contributed by atoms with E-state index in [0.29, 0.717) is 0 Å². The lowest BCUT2D eigenvalue weighted by atomic mass is 10.0. The maximum Gasteiger partial charge on any atom is 0.125 e. The highest BCUT2D eigenvalue weighted by Gasteiger charge is 2.28. The van der Waals surface area contributed by atoms with Crippen LogP contribution in [0.5, 0.6) is 0 Å². The molecule has 1 unspecified atom stereocenters. The van der Waals surface area contributed by atoms with Gasteiger partial charge in [0.15, 0.2) is 0 Å². The molecule has 4 rings (SSSR count). The maximum absolute atomic E-state index is 13.8. The summed E-state index contributed by atoms with van der Waals surface area (Å²) >= 11 is 6.94. The Morgan fingerprint density at radius 1 is 0.893 bits per heavy atom. The van der Waals surface area contributed by atoms with Crippen molar-refractivity contribution in [2.45, 2.75) is 12.5 Å². The summed E-state index contributed by atoms with van der Waals surface area (Å²) in [6, 6.07) is 22.9. The molecule has 3 aromatic carbocycles. The minimum Gasteiger partial charge on any atom is -0.257 e. The van der Waals surface area contributed by atoms with E-state index in [1.54, 1.807) is 6.07 Å². The number of halogens is 3. The zero-order chi connectivity index (χ0) is 19.5. The topological polar surface area (TPSA) is 15.6 Å². The predicted molar refractivity (Wildman–Crippen MR) is 121 cm³/mol. The summed E-state index contributed by atoms with van der Waals surface area (Å²) in [6.07, 6.45) is 4.85. The van der Waals surface area contributed by atoms with Gasteiger partial charge in [-0.25, -0.2) is 4.39 Å². The molecule has 5 heteroatoms. The molecule has 0 amide bonds. The monoisotopic (exact) mass is 498 g/mol. The number of benzene rings is 3. The Morgan fingerprint density at radius 3 is 2.25 bits per heavy atom. The Hall–Kier alpha value is -2.24. The Morgan fingerprint density at radius 2 is 1.57 bits per heavy atom. The van der Waals surface area contributed by atoms with E-state index in [9.17, 15) is 4.39 Å². The molecule has 1 heterocycles. The van der Waals surface area contributed by atoms with Crippen molar-refractivity contribution in [2.24, 2.45) is 5.10 Å². The van der Waals surface area contributed by atoms with E-state index >= 15 is 0 Å². The first-order valence-corrected chi connectivity index (χ1v) is 10.5. The number of hydrogen-bond donors (Lipinski definition) is 0. The summed E-state index contributed by atoms with van der Waals surface area (Å²) in [5.41, 5.74) is 3.96. The zero-order valence-electron chi connectivity index (χ0n) is 14.9. The van der Waals surface area contributed by atoms with Crippen LogP contribution in [0.1, 0.15) is 23.6 Å². The van der Waals surface area contributed by atoms with Crippen LogP contribution < -0.4 is 5.01 Å². The Kier molecular flexibility index (Phi) is 5.74. The lowest BCUT2D eigenvalue weighted by molar-refractivity contribution is 0.624. The molecule has 1 aliphatic heterocycles. The van der Waals surface area contributed by atoms with Crippen molar-refractivity contribution in [3.63, 3.8) is 0 Å². The van der Waals surface area contributed by atoms with Crippen LogP contribution in [-0.2, 0) is 0 Å². The fourth-order valence-corrected chi connectivity index (χ4v) is 3.73. The fraction of sp³-hybridized carbons (Fsp3) is 0.0870. The fourth-order valence-electron chi connectivity index (χ4n) is 3.20. The van der Waals surface area contributed by atoms with Gasteiger partial charge >= 0.3 is 0 Å². The summed E-state index contributed by atoms with van der Waals surface area (Å²) in [7, 11) is 0. The molecule has 0 aromatic heterocycles. The van der Waals surface area contributed by atoms with Crippen molar-refractivity contribution in [3.05, 3.63) is 105 Å². The van der Waals surface area contributed by atoms with Gasteiger partial charge in [0.2, 0.25) is 0 Å². The first-order chi connectivity index (χ1) is 13.6. The number of anilines is 1. The smallest absolute Gasteiger partial charge is 0.125 e. The van der Waals surface area contributed by atoms with Crippen LogP contribution in [0.25, 0.3) is 6.08 Å². The standard InChI is InChI=1S/C23H17Br2FN2/c24-18-9-4-16(5-10-18)6-13-21-15-23(17-7-11-19(25)12-8-17)28(27-21)22-3-1-2-20(26)14-22/h1-14,23H,15H2/b13-6+. The number of rotatable bonds is 4. The van der Waals surface area contributed by atoms with Crippen LogP contribution in [0.15, 0.2) is 92.9 Å². The Bertz CT molecular complexity index is 1030. The van der Waals surface area contributed by atoms with Crippen molar-refractivity contribution in [2.75, 3.05) is 5.01 Å². The molecular weight excluding hydrogens is 483 g/mol. The molecule has 3 aromatic rings. The van der Waals surface area contributed by atoms with Crippen molar-refractivity contribution in [1.29, 1.82) is 0 Å². The molecule has 1 aliphatic rings. The van der Waals surface area contributed by atoms with Crippen LogP contribution in [0.4, 0.5) is 10.1 Å². The SMILES string of the molecule is Fc1cccc(N2N=C(/C=C/c3ccc(Br)cc3)CC2c2ccc(Br)cc2)c1. The normalized spacial score (nSPS) is 16.6. The molecule has 0 radical (unpaired) electrons. The van der Waals surface area contributed by atoms with E-state index in [-0.39, 0.29) is 11.9 Å². The first kappa shape index (κ1) is 19.1. The molecule has 140 valence electrons. The summed E-state index contributed by atoms with van der Waals surface area (Å²) in [5, 5.41) is 6.70. The minimum absolute atomic E-state index is 0.0273. The van der Waals surface area contributed by atoms with Crippen LogP contribution in [-0.4, -0.2) is 5.71 Å². The van der Waals surface area contributed by atoms with Crippen molar-refractivity contribution >= 4 is 49.3 Å². The van der Waals surface area contributed by atoms with E-state index in [1.165, 1.54) is 12.1 Å². The van der Waals surface area contributed by atoms with Gasteiger partial charge < -0.3 is 0 Å². The third-order valence-electron chi connectivity index (χ3n) is 4.60. The molecular formula is C23H17Br2FN2. The second kappa shape index (κ2) is 8.41. The number of hydrazone groups is 1. The van der Waals surface area contributed by atoms with Gasteiger partial charge in [-0.2, -0.15) is 5.10 Å². The van der Waals surface area contributed by atoms with E-state index in [4.69, 9.17) is 5.10 Å². The average molecular weight is 500 g/mol. The highest BCUT2D eigenvalue weighted by atomic mass is 79.9. The van der Waals surface area contributed by atoms with E-state index in [0.717, 1.165) is 37.9 Å². The summed E-state index contributed by atoms with van der Waals surface area (Å²) in [6.45, 7) is 0. The van der Waals surface area contributed by atoms with Gasteiger partial charge in [0.25, 0.3) is 0 Å². The second-order valence-corrected chi connectivity index (χ2v) is 8.40. The highest BCUT2D eigenvalue weighted by Crippen LogP contribution is 2.36. The van der Waals surface area contributed by atoms with Crippen LogP contribution in [0.2, 0.25) is 0 Å². The molecule has 0 aliphatic carbocycles. The third kappa shape index (κ3) is 4.42. The van der Waals surface area contributed by atoms with Gasteiger partial charge in [0.1, 0.15) is 5.82 Å². The Balaban J connectivity index is 1.65. The van der Waals surface area contributed by atoms with Gasteiger partial charge in [-0.15, -0.1) is 0 Å². The molecule has 28 heavy (non-hydrogen) atoms. The first-order valence-electron chi connectivity index (χ1n) is 8.90. The van der Waals surface area contributed by atoms with E-state index in [1.807, 2.05) is 53.5 Å². The predicted octanol–water partition coefficient (Wildman–Crippen LogP) is 7.37. The largest absolute Gasteiger partial charge is 0.257 e. The van der Waals surface area contributed by atoms with Crippen LogP contribution in [0.3, 0.4) is 0 Å². The van der Waals surface area contributed by atoms with Gasteiger partial charge in [0, 0.05) is 15.4 Å². The van der Waals surface area contributed by atoms with Crippen LogP contribution >= 0.6 is 31.9 Å². The summed E-state index contributed by atoms with van der Waals surface area (Å²) in [4.78, 5) is 0. The molecule has 0 saturated carbocycles. The number of nitrogens with zero attached hydrogens (tertiary/aromatic N) is 2. The van der Waals surface area contributed by atoms with Crippen molar-refractivity contribution in [3.8, 4) is 0 Å². The summed E-state index contributed by atoms with van der Waals surface area (Å²) < 4.78 is 15.9. The molecule has 0 saturated heterocycles. The quantitative estimate of drug-likeness (QED) is 0.365. The lowest BCUT2D eigenvalue weighted by Gasteiger charge is -2.24. The average Bonchev–Trinajstić information content (AvgIpc) is 3.12. The molecule has 0 N–H and O–H groups in total. The molecule has 0 spiro atoms. The third-order valence-corrected chi connectivity index (χ3v) is 5.66. The number of hydrogen-bond acceptors (Lipinski definition) is 2. The number of allylic oxidation sites excluding steroid dienone is 1. The second-order valence-electron chi connectivity index (χ2n) is 6.57. The van der Waals surface area contributed by atoms with Gasteiger partial charge in [-0.3, -0.25) is 5.01 Å².